The zero-order valence-corrected chi connectivity index (χ0v) is 16.4. The molecule has 1 aromatic heterocycles. The van der Waals surface area contributed by atoms with Crippen LogP contribution in [0, 0.1) is 0 Å². The Kier molecular flexibility index (Phi) is 5.11. The first-order chi connectivity index (χ1) is 13.6. The second-order valence-electron chi connectivity index (χ2n) is 7.49. The van der Waals surface area contributed by atoms with Crippen LogP contribution >= 0.6 is 0 Å². The summed E-state index contributed by atoms with van der Waals surface area (Å²) >= 11 is 0. The number of benzene rings is 1. The summed E-state index contributed by atoms with van der Waals surface area (Å²) in [6.45, 7) is 3.75. The summed E-state index contributed by atoms with van der Waals surface area (Å²) in [6, 6.07) is 7.65. The van der Waals surface area contributed by atoms with Crippen molar-refractivity contribution in [3.63, 3.8) is 0 Å². The molecular formula is C20H27N5O3. The number of aromatic nitrogens is 3. The van der Waals surface area contributed by atoms with Crippen molar-refractivity contribution in [1.29, 1.82) is 0 Å². The van der Waals surface area contributed by atoms with Crippen molar-refractivity contribution >= 4 is 11.7 Å². The summed E-state index contributed by atoms with van der Waals surface area (Å²) in [5.74, 6) is 1.78. The van der Waals surface area contributed by atoms with Gasteiger partial charge in [0.05, 0.1) is 12.3 Å². The third-order valence-electron chi connectivity index (χ3n) is 5.47. The molecule has 0 atom stereocenters. The Labute approximate surface area is 164 Å². The lowest BCUT2D eigenvalue weighted by atomic mass is 9.96. The lowest BCUT2D eigenvalue weighted by molar-refractivity contribution is 0.192. The predicted octanol–water partition coefficient (Wildman–Crippen LogP) is 2.73. The topological polar surface area (TPSA) is 81.4 Å². The number of hydrogen-bond acceptors (Lipinski definition) is 4. The van der Waals surface area contributed by atoms with Crippen LogP contribution in [0.4, 0.5) is 10.5 Å². The molecule has 0 bridgehead atoms. The molecule has 8 heteroatoms. The Hall–Kier alpha value is -2.77. The Bertz CT molecular complexity index is 907. The van der Waals surface area contributed by atoms with Crippen LogP contribution in [0.25, 0.3) is 0 Å². The third-order valence-corrected chi connectivity index (χ3v) is 5.47. The van der Waals surface area contributed by atoms with Gasteiger partial charge >= 0.3 is 11.7 Å². The summed E-state index contributed by atoms with van der Waals surface area (Å²) in [4.78, 5) is 26.9. The van der Waals surface area contributed by atoms with E-state index < -0.39 is 0 Å². The van der Waals surface area contributed by atoms with Gasteiger partial charge in [0.25, 0.3) is 0 Å². The van der Waals surface area contributed by atoms with Gasteiger partial charge < -0.3 is 15.0 Å². The van der Waals surface area contributed by atoms with E-state index in [-0.39, 0.29) is 17.6 Å². The molecule has 28 heavy (non-hydrogen) atoms. The number of nitrogens with one attached hydrogen (secondary N) is 1. The van der Waals surface area contributed by atoms with Crippen LogP contribution in [0.1, 0.15) is 50.4 Å². The SMILES string of the molecule is CCOc1ccccc1NC(=O)N1CCC(c2nn(C)c(=O)n2C2CC2)CC1. The number of nitrogens with zero attached hydrogens (tertiary/aromatic N) is 4. The molecule has 0 spiro atoms. The largest absolute Gasteiger partial charge is 0.492 e. The average Bonchev–Trinajstić information content (AvgIpc) is 3.49. The van der Waals surface area contributed by atoms with Crippen LogP contribution in [0.15, 0.2) is 29.1 Å². The number of para-hydroxylation sites is 2. The number of carbonyl (C=O) groups excluding carboxylic acids is 1. The highest BCUT2D eigenvalue weighted by molar-refractivity contribution is 5.91. The van der Waals surface area contributed by atoms with Gasteiger partial charge in [0, 0.05) is 32.1 Å². The van der Waals surface area contributed by atoms with E-state index in [1.807, 2.05) is 40.7 Å². The first-order valence-corrected chi connectivity index (χ1v) is 10.0. The van der Waals surface area contributed by atoms with Gasteiger partial charge in [-0.1, -0.05) is 12.1 Å². The first kappa shape index (κ1) is 18.6. The number of ether oxygens (including phenoxy) is 1. The molecule has 2 heterocycles. The highest BCUT2D eigenvalue weighted by Crippen LogP contribution is 2.37. The van der Waals surface area contributed by atoms with Crippen LogP contribution in [-0.2, 0) is 7.05 Å². The molecule has 0 radical (unpaired) electrons. The fraction of sp³-hybridized carbons (Fsp3) is 0.550. The summed E-state index contributed by atoms with van der Waals surface area (Å²) in [7, 11) is 1.71. The minimum absolute atomic E-state index is 0.0230. The number of hydrogen-bond donors (Lipinski definition) is 1. The van der Waals surface area contributed by atoms with E-state index in [0.717, 1.165) is 31.5 Å². The zero-order chi connectivity index (χ0) is 19.7. The Morgan fingerprint density at radius 3 is 2.61 bits per heavy atom. The lowest BCUT2D eigenvalue weighted by Gasteiger charge is -2.31. The zero-order valence-electron chi connectivity index (χ0n) is 16.4. The number of anilines is 1. The van der Waals surface area contributed by atoms with E-state index in [0.29, 0.717) is 37.2 Å². The molecule has 1 aromatic carbocycles. The molecule has 0 unspecified atom stereocenters. The molecule has 1 aliphatic carbocycles. The van der Waals surface area contributed by atoms with Gasteiger partial charge in [-0.25, -0.2) is 14.3 Å². The van der Waals surface area contributed by atoms with Gasteiger partial charge in [-0.2, -0.15) is 5.10 Å². The molecule has 4 rings (SSSR count). The lowest BCUT2D eigenvalue weighted by Crippen LogP contribution is -2.41. The highest BCUT2D eigenvalue weighted by atomic mass is 16.5. The molecule has 1 aliphatic heterocycles. The molecule has 8 nitrogen and oxygen atoms in total. The second kappa shape index (κ2) is 7.69. The molecule has 1 saturated heterocycles. The summed E-state index contributed by atoms with van der Waals surface area (Å²) in [6.07, 6.45) is 3.73. The minimum Gasteiger partial charge on any atom is -0.492 e. The van der Waals surface area contributed by atoms with Crippen LogP contribution in [0.3, 0.4) is 0 Å². The monoisotopic (exact) mass is 385 g/mol. The number of urea groups is 1. The summed E-state index contributed by atoms with van der Waals surface area (Å²) < 4.78 is 8.89. The second-order valence-corrected chi connectivity index (χ2v) is 7.49. The minimum atomic E-state index is -0.119. The van der Waals surface area contributed by atoms with Crippen molar-refractivity contribution in [2.45, 2.75) is 44.6 Å². The number of aryl methyl sites for hydroxylation is 1. The third kappa shape index (κ3) is 3.63. The van der Waals surface area contributed by atoms with E-state index in [1.54, 1.807) is 7.05 Å². The van der Waals surface area contributed by atoms with Gasteiger partial charge in [0.1, 0.15) is 11.6 Å². The molecular weight excluding hydrogens is 358 g/mol. The number of carbonyl (C=O) groups is 1. The van der Waals surface area contributed by atoms with Crippen LogP contribution in [0.2, 0.25) is 0 Å². The van der Waals surface area contributed by atoms with Crippen molar-refractivity contribution in [3.05, 3.63) is 40.6 Å². The van der Waals surface area contributed by atoms with E-state index in [2.05, 4.69) is 10.4 Å². The molecule has 2 fully saturated rings. The maximum atomic E-state index is 12.7. The Morgan fingerprint density at radius 2 is 1.93 bits per heavy atom. The molecule has 2 aliphatic rings. The first-order valence-electron chi connectivity index (χ1n) is 10.0. The summed E-state index contributed by atoms with van der Waals surface area (Å²) in [5.41, 5.74) is 0.661. The van der Waals surface area contributed by atoms with Crippen molar-refractivity contribution < 1.29 is 9.53 Å². The van der Waals surface area contributed by atoms with E-state index in [1.165, 1.54) is 4.68 Å². The van der Waals surface area contributed by atoms with Gasteiger partial charge in [-0.15, -0.1) is 0 Å². The van der Waals surface area contributed by atoms with Crippen molar-refractivity contribution in [2.24, 2.45) is 7.05 Å². The summed E-state index contributed by atoms with van der Waals surface area (Å²) in [5, 5.41) is 7.46. The predicted molar refractivity (Wildman–Crippen MR) is 106 cm³/mol. The van der Waals surface area contributed by atoms with Crippen molar-refractivity contribution in [1.82, 2.24) is 19.2 Å². The van der Waals surface area contributed by atoms with E-state index >= 15 is 0 Å². The molecule has 150 valence electrons. The Morgan fingerprint density at radius 1 is 1.21 bits per heavy atom. The smallest absolute Gasteiger partial charge is 0.345 e. The quantitative estimate of drug-likeness (QED) is 0.858. The molecule has 1 saturated carbocycles. The fourth-order valence-corrected chi connectivity index (χ4v) is 3.84. The number of piperidine rings is 1. The van der Waals surface area contributed by atoms with Crippen molar-refractivity contribution in [2.75, 3.05) is 25.0 Å². The maximum Gasteiger partial charge on any atom is 0.345 e. The number of likely N-dealkylation sites (tertiary alicyclic amines) is 1. The van der Waals surface area contributed by atoms with Gasteiger partial charge in [0.2, 0.25) is 0 Å². The van der Waals surface area contributed by atoms with Crippen molar-refractivity contribution in [3.8, 4) is 5.75 Å². The highest BCUT2D eigenvalue weighted by Gasteiger charge is 2.34. The van der Waals surface area contributed by atoms with E-state index in [9.17, 15) is 9.59 Å². The van der Waals surface area contributed by atoms with Gasteiger partial charge in [-0.05, 0) is 44.7 Å². The molecule has 2 amide bonds. The van der Waals surface area contributed by atoms with E-state index in [4.69, 9.17) is 4.74 Å². The van der Waals surface area contributed by atoms with Crippen LogP contribution in [-0.4, -0.2) is 45.0 Å². The average molecular weight is 385 g/mol. The van der Waals surface area contributed by atoms with Gasteiger partial charge in [0.15, 0.2) is 0 Å². The van der Waals surface area contributed by atoms with Gasteiger partial charge in [-0.3, -0.25) is 4.57 Å². The molecule has 1 N–H and O–H groups in total. The van der Waals surface area contributed by atoms with Crippen LogP contribution < -0.4 is 15.7 Å². The van der Waals surface area contributed by atoms with Crippen LogP contribution in [0.5, 0.6) is 5.75 Å². The number of amides is 2. The fourth-order valence-electron chi connectivity index (χ4n) is 3.84. The maximum absolute atomic E-state index is 12.7. The Balaban J connectivity index is 1.40. The standard InChI is InChI=1S/C20H27N5O3/c1-3-28-17-7-5-4-6-16(17)21-19(26)24-12-10-14(11-13-24)18-22-23(2)20(27)25(18)15-8-9-15/h4-7,14-15H,3,8-13H2,1-2H3,(H,21,26). The molecule has 2 aromatic rings. The number of rotatable bonds is 5. The normalized spacial score (nSPS) is 17.6.